The number of benzene rings is 1. The highest BCUT2D eigenvalue weighted by molar-refractivity contribution is 8.00. The van der Waals surface area contributed by atoms with E-state index in [9.17, 15) is 14.3 Å². The number of fused-ring (bicyclic) bond motifs is 1. The summed E-state index contributed by atoms with van der Waals surface area (Å²) in [6.45, 7) is 0. The Balaban J connectivity index is 2.12. The summed E-state index contributed by atoms with van der Waals surface area (Å²) in [7, 11) is 1.42. The Kier molecular flexibility index (Phi) is 4.08. The van der Waals surface area contributed by atoms with Crippen LogP contribution >= 0.6 is 23.1 Å². The Labute approximate surface area is 130 Å². The summed E-state index contributed by atoms with van der Waals surface area (Å²) in [4.78, 5) is 12.5. The molecule has 0 bridgehead atoms. The third-order valence-corrected chi connectivity index (χ3v) is 6.43. The van der Waals surface area contributed by atoms with Crippen LogP contribution in [0.2, 0.25) is 0 Å². The lowest BCUT2D eigenvalue weighted by atomic mass is 10.2. The van der Waals surface area contributed by atoms with Gasteiger partial charge in [-0.05, 0) is 25.0 Å². The molecule has 3 nitrogen and oxygen atoms in total. The highest BCUT2D eigenvalue weighted by atomic mass is 32.2. The number of carboxylic acid groups (broad SMARTS) is 1. The molecule has 112 valence electrons. The summed E-state index contributed by atoms with van der Waals surface area (Å²) in [6, 6.07) is 2.98. The van der Waals surface area contributed by atoms with Gasteiger partial charge in [-0.25, -0.2) is 9.18 Å². The normalized spacial score (nSPS) is 15.7. The molecule has 0 radical (unpaired) electrons. The Morgan fingerprint density at radius 3 is 2.76 bits per heavy atom. The van der Waals surface area contributed by atoms with Crippen LogP contribution in [0.1, 0.15) is 35.4 Å². The summed E-state index contributed by atoms with van der Waals surface area (Å²) in [5, 5.41) is 10.6. The van der Waals surface area contributed by atoms with E-state index in [1.807, 2.05) is 0 Å². The molecule has 21 heavy (non-hydrogen) atoms. The fraction of sp³-hybridized carbons (Fsp3) is 0.400. The molecule has 1 saturated carbocycles. The maximum atomic E-state index is 13.8. The number of hydrogen-bond acceptors (Lipinski definition) is 4. The first-order valence-electron chi connectivity index (χ1n) is 6.80. The lowest BCUT2D eigenvalue weighted by Crippen LogP contribution is -1.98. The fourth-order valence-electron chi connectivity index (χ4n) is 2.66. The van der Waals surface area contributed by atoms with Crippen LogP contribution in [0.25, 0.3) is 10.1 Å². The van der Waals surface area contributed by atoms with Gasteiger partial charge in [0.05, 0.1) is 7.11 Å². The number of carboxylic acids is 1. The number of thiophene rings is 1. The van der Waals surface area contributed by atoms with E-state index in [-0.39, 0.29) is 5.75 Å². The van der Waals surface area contributed by atoms with Crippen molar-refractivity contribution in [3.63, 3.8) is 0 Å². The average Bonchev–Trinajstić information content (AvgIpc) is 3.06. The zero-order chi connectivity index (χ0) is 15.0. The number of rotatable bonds is 4. The van der Waals surface area contributed by atoms with Crippen LogP contribution in [0.15, 0.2) is 17.0 Å². The molecule has 6 heteroatoms. The Hall–Kier alpha value is -1.27. The summed E-state index contributed by atoms with van der Waals surface area (Å²) in [6.07, 6.45) is 4.61. The van der Waals surface area contributed by atoms with Crippen LogP contribution in [0.5, 0.6) is 5.75 Å². The molecule has 0 atom stereocenters. The molecule has 1 aromatic heterocycles. The van der Waals surface area contributed by atoms with Gasteiger partial charge in [-0.3, -0.25) is 0 Å². The second-order valence-corrected chi connectivity index (χ2v) is 7.44. The Morgan fingerprint density at radius 1 is 1.43 bits per heavy atom. The largest absolute Gasteiger partial charge is 0.494 e. The van der Waals surface area contributed by atoms with Gasteiger partial charge in [0.2, 0.25) is 0 Å². The van der Waals surface area contributed by atoms with E-state index in [0.29, 0.717) is 14.8 Å². The van der Waals surface area contributed by atoms with Crippen LogP contribution in [0.4, 0.5) is 4.39 Å². The van der Waals surface area contributed by atoms with Gasteiger partial charge in [-0.15, -0.1) is 23.1 Å². The zero-order valence-electron chi connectivity index (χ0n) is 11.5. The van der Waals surface area contributed by atoms with Crippen LogP contribution in [0, 0.1) is 5.82 Å². The van der Waals surface area contributed by atoms with E-state index in [4.69, 9.17) is 4.74 Å². The van der Waals surface area contributed by atoms with Gasteiger partial charge in [0, 0.05) is 20.2 Å². The summed E-state index contributed by atoms with van der Waals surface area (Å²) >= 11 is 2.75. The van der Waals surface area contributed by atoms with Gasteiger partial charge in [-0.2, -0.15) is 0 Å². The molecule has 0 saturated heterocycles. The molecular formula is C15H15FO3S2. The maximum absolute atomic E-state index is 13.8. The Morgan fingerprint density at radius 2 is 2.14 bits per heavy atom. The van der Waals surface area contributed by atoms with Crippen molar-refractivity contribution in [1.82, 2.24) is 0 Å². The van der Waals surface area contributed by atoms with Gasteiger partial charge in [0.1, 0.15) is 4.88 Å². The minimum atomic E-state index is -0.948. The van der Waals surface area contributed by atoms with Crippen LogP contribution < -0.4 is 4.74 Å². The molecule has 1 fully saturated rings. The number of carbonyl (C=O) groups is 1. The quantitative estimate of drug-likeness (QED) is 0.878. The average molecular weight is 326 g/mol. The standard InChI is InChI=1S/C15H15FO3S2/c1-19-11-6-9-12(7-10(11)16)21-14(15(17)18)13(9)20-8-4-2-3-5-8/h6-8H,2-5H2,1H3,(H,17,18). The van der Waals surface area contributed by atoms with Crippen molar-refractivity contribution >= 4 is 39.2 Å². The fourth-order valence-corrected chi connectivity index (χ4v) is 5.33. The molecular weight excluding hydrogens is 311 g/mol. The topological polar surface area (TPSA) is 46.5 Å². The lowest BCUT2D eigenvalue weighted by Gasteiger charge is -2.09. The second kappa shape index (κ2) is 5.85. The second-order valence-electron chi connectivity index (χ2n) is 5.07. The first-order chi connectivity index (χ1) is 10.1. The number of ether oxygens (including phenoxy) is 1. The van der Waals surface area contributed by atoms with Crippen LogP contribution in [-0.2, 0) is 0 Å². The molecule has 2 aromatic rings. The van der Waals surface area contributed by atoms with Gasteiger partial charge < -0.3 is 9.84 Å². The molecule has 1 heterocycles. The summed E-state index contributed by atoms with van der Waals surface area (Å²) in [5.41, 5.74) is 0. The Bertz CT molecular complexity index is 690. The predicted molar refractivity (Wildman–Crippen MR) is 83.4 cm³/mol. The number of hydrogen-bond donors (Lipinski definition) is 1. The van der Waals surface area contributed by atoms with Gasteiger partial charge in [0.25, 0.3) is 0 Å². The van der Waals surface area contributed by atoms with Crippen molar-refractivity contribution < 1.29 is 19.0 Å². The number of halogens is 1. The van der Waals surface area contributed by atoms with Gasteiger partial charge >= 0.3 is 5.97 Å². The molecule has 0 aliphatic heterocycles. The molecule has 1 aromatic carbocycles. The third kappa shape index (κ3) is 2.74. The number of thioether (sulfide) groups is 1. The van der Waals surface area contributed by atoms with Crippen LogP contribution in [-0.4, -0.2) is 23.4 Å². The van der Waals surface area contributed by atoms with E-state index in [2.05, 4.69) is 0 Å². The summed E-state index contributed by atoms with van der Waals surface area (Å²) < 4.78 is 19.5. The smallest absolute Gasteiger partial charge is 0.347 e. The van der Waals surface area contributed by atoms with Gasteiger partial charge in [-0.1, -0.05) is 12.8 Å². The van der Waals surface area contributed by atoms with Gasteiger partial charge in [0.15, 0.2) is 11.6 Å². The molecule has 0 amide bonds. The van der Waals surface area contributed by atoms with Crippen molar-refractivity contribution in [3.05, 3.63) is 22.8 Å². The van der Waals surface area contributed by atoms with Crippen molar-refractivity contribution in [1.29, 1.82) is 0 Å². The third-order valence-electron chi connectivity index (χ3n) is 3.70. The molecule has 1 aliphatic rings. The molecule has 1 aliphatic carbocycles. The zero-order valence-corrected chi connectivity index (χ0v) is 13.2. The minimum Gasteiger partial charge on any atom is -0.494 e. The van der Waals surface area contributed by atoms with Crippen LogP contribution in [0.3, 0.4) is 0 Å². The SMILES string of the molecule is COc1cc2c(SC3CCCC3)c(C(=O)O)sc2cc1F. The maximum Gasteiger partial charge on any atom is 0.347 e. The van der Waals surface area contributed by atoms with E-state index >= 15 is 0 Å². The highest BCUT2D eigenvalue weighted by Crippen LogP contribution is 2.45. The van der Waals surface area contributed by atoms with Crippen molar-refractivity contribution in [2.75, 3.05) is 7.11 Å². The highest BCUT2D eigenvalue weighted by Gasteiger charge is 2.24. The van der Waals surface area contributed by atoms with E-state index in [1.54, 1.807) is 17.8 Å². The molecule has 3 rings (SSSR count). The van der Waals surface area contributed by atoms with Crippen molar-refractivity contribution in [2.24, 2.45) is 0 Å². The summed E-state index contributed by atoms with van der Waals surface area (Å²) in [5.74, 6) is -1.25. The monoisotopic (exact) mass is 326 g/mol. The van der Waals surface area contributed by atoms with Crippen molar-refractivity contribution in [3.8, 4) is 5.75 Å². The number of aromatic carboxylic acids is 1. The van der Waals surface area contributed by atoms with E-state index < -0.39 is 11.8 Å². The van der Waals surface area contributed by atoms with E-state index in [1.165, 1.54) is 26.0 Å². The predicted octanol–water partition coefficient (Wildman–Crippen LogP) is 4.78. The number of methoxy groups -OCH3 is 1. The van der Waals surface area contributed by atoms with Crippen molar-refractivity contribution in [2.45, 2.75) is 35.8 Å². The first-order valence-corrected chi connectivity index (χ1v) is 8.49. The minimum absolute atomic E-state index is 0.158. The molecule has 0 spiro atoms. The molecule has 0 unspecified atom stereocenters. The molecule has 1 N–H and O–H groups in total. The van der Waals surface area contributed by atoms with E-state index in [0.717, 1.165) is 34.5 Å². The lowest BCUT2D eigenvalue weighted by molar-refractivity contribution is 0.0699. The first kappa shape index (κ1) is 14.7.